The number of phenols is 1. The van der Waals surface area contributed by atoms with Gasteiger partial charge in [-0.05, 0) is 61.0 Å². The molecule has 0 spiro atoms. The van der Waals surface area contributed by atoms with Gasteiger partial charge in [0.2, 0.25) is 0 Å². The van der Waals surface area contributed by atoms with Crippen molar-refractivity contribution in [2.75, 3.05) is 20.0 Å². The SMILES string of the molecule is CCOCOc1cc(/C=C/C(=O)OCC(=O)c2ccc(O)cc2)cc2occc12. The van der Waals surface area contributed by atoms with Crippen molar-refractivity contribution in [1.82, 2.24) is 0 Å². The van der Waals surface area contributed by atoms with Gasteiger partial charge in [0.05, 0.1) is 11.6 Å². The summed E-state index contributed by atoms with van der Waals surface area (Å²) in [6, 6.07) is 11.0. The van der Waals surface area contributed by atoms with Crippen molar-refractivity contribution in [3.8, 4) is 11.5 Å². The van der Waals surface area contributed by atoms with Gasteiger partial charge in [-0.2, -0.15) is 0 Å². The highest BCUT2D eigenvalue weighted by Crippen LogP contribution is 2.29. The number of hydrogen-bond acceptors (Lipinski definition) is 7. The number of esters is 1. The van der Waals surface area contributed by atoms with Crippen LogP contribution in [0, 0.1) is 0 Å². The number of benzene rings is 2. The number of Topliss-reactive ketones (excluding diaryl/α,β-unsaturated/α-hetero) is 1. The third-order valence-electron chi connectivity index (χ3n) is 4.00. The lowest BCUT2D eigenvalue weighted by atomic mass is 10.1. The van der Waals surface area contributed by atoms with Crippen LogP contribution >= 0.6 is 0 Å². The van der Waals surface area contributed by atoms with Crippen molar-refractivity contribution < 1.29 is 33.3 Å². The number of carbonyl (C=O) groups is 2. The molecule has 7 nitrogen and oxygen atoms in total. The summed E-state index contributed by atoms with van der Waals surface area (Å²) in [5.41, 5.74) is 1.62. The molecule has 1 aromatic heterocycles. The molecule has 7 heteroatoms. The van der Waals surface area contributed by atoms with Crippen LogP contribution in [0.1, 0.15) is 22.8 Å². The number of hydrogen-bond donors (Lipinski definition) is 1. The maximum absolute atomic E-state index is 12.0. The Hall–Kier alpha value is -3.58. The lowest BCUT2D eigenvalue weighted by molar-refractivity contribution is -0.136. The van der Waals surface area contributed by atoms with Crippen LogP contribution in [0.25, 0.3) is 17.0 Å². The molecule has 29 heavy (non-hydrogen) atoms. The van der Waals surface area contributed by atoms with E-state index in [1.807, 2.05) is 6.92 Å². The van der Waals surface area contributed by atoms with E-state index in [9.17, 15) is 14.7 Å². The Balaban J connectivity index is 1.62. The fourth-order valence-electron chi connectivity index (χ4n) is 2.54. The highest BCUT2D eigenvalue weighted by molar-refractivity contribution is 5.99. The highest BCUT2D eigenvalue weighted by atomic mass is 16.7. The minimum Gasteiger partial charge on any atom is -0.508 e. The second-order valence-corrected chi connectivity index (χ2v) is 6.02. The molecule has 0 saturated carbocycles. The van der Waals surface area contributed by atoms with E-state index in [4.69, 9.17) is 18.6 Å². The molecular weight excluding hydrogens is 376 g/mol. The van der Waals surface area contributed by atoms with Crippen LogP contribution in [-0.4, -0.2) is 36.9 Å². The third kappa shape index (κ3) is 5.46. The van der Waals surface area contributed by atoms with E-state index in [-0.39, 0.29) is 18.3 Å². The van der Waals surface area contributed by atoms with Crippen molar-refractivity contribution in [2.45, 2.75) is 6.92 Å². The van der Waals surface area contributed by atoms with Crippen LogP contribution in [0.4, 0.5) is 0 Å². The van der Waals surface area contributed by atoms with Gasteiger partial charge in [0.1, 0.15) is 17.1 Å². The van der Waals surface area contributed by atoms with Gasteiger partial charge < -0.3 is 23.7 Å². The average molecular weight is 396 g/mol. The summed E-state index contributed by atoms with van der Waals surface area (Å²) in [4.78, 5) is 23.9. The minimum absolute atomic E-state index is 0.0552. The van der Waals surface area contributed by atoms with E-state index in [0.717, 1.165) is 5.39 Å². The summed E-state index contributed by atoms with van der Waals surface area (Å²) >= 11 is 0. The first-order chi connectivity index (χ1) is 14.1. The minimum atomic E-state index is -0.659. The van der Waals surface area contributed by atoms with Crippen molar-refractivity contribution in [3.63, 3.8) is 0 Å². The lowest BCUT2D eigenvalue weighted by Crippen LogP contribution is -2.12. The molecule has 0 radical (unpaired) electrons. The summed E-state index contributed by atoms with van der Waals surface area (Å²) in [7, 11) is 0. The van der Waals surface area contributed by atoms with Gasteiger partial charge in [-0.25, -0.2) is 4.79 Å². The quantitative estimate of drug-likeness (QED) is 0.192. The van der Waals surface area contributed by atoms with Crippen molar-refractivity contribution >= 4 is 28.8 Å². The zero-order valence-corrected chi connectivity index (χ0v) is 15.8. The molecule has 3 aromatic rings. The molecule has 0 aliphatic carbocycles. The lowest BCUT2D eigenvalue weighted by Gasteiger charge is -2.08. The zero-order valence-electron chi connectivity index (χ0n) is 15.8. The Morgan fingerprint density at radius 1 is 1.14 bits per heavy atom. The number of ether oxygens (including phenoxy) is 3. The largest absolute Gasteiger partial charge is 0.508 e. The molecule has 1 N–H and O–H groups in total. The Kier molecular flexibility index (Phi) is 6.65. The van der Waals surface area contributed by atoms with Gasteiger partial charge >= 0.3 is 5.97 Å². The number of furan rings is 1. The molecule has 0 unspecified atom stereocenters. The van der Waals surface area contributed by atoms with Crippen LogP contribution in [0.2, 0.25) is 0 Å². The first kappa shape index (κ1) is 20.2. The molecule has 0 aliphatic rings. The number of fused-ring (bicyclic) bond motifs is 1. The Labute approximate surface area is 167 Å². The van der Waals surface area contributed by atoms with Crippen LogP contribution in [0.15, 0.2) is 59.2 Å². The molecular formula is C22H20O7. The van der Waals surface area contributed by atoms with Crippen LogP contribution in [-0.2, 0) is 14.3 Å². The van der Waals surface area contributed by atoms with Gasteiger partial charge in [0.25, 0.3) is 0 Å². The van der Waals surface area contributed by atoms with E-state index in [0.29, 0.717) is 29.1 Å². The molecule has 0 amide bonds. The van der Waals surface area contributed by atoms with Gasteiger partial charge in [-0.15, -0.1) is 0 Å². The van der Waals surface area contributed by atoms with E-state index >= 15 is 0 Å². The number of carbonyl (C=O) groups excluding carboxylic acids is 2. The van der Waals surface area contributed by atoms with Crippen molar-refractivity contribution in [1.29, 1.82) is 0 Å². The number of phenolic OH excluding ortho intramolecular Hbond substituents is 1. The predicted molar refractivity (Wildman–Crippen MR) is 106 cm³/mol. The third-order valence-corrected chi connectivity index (χ3v) is 4.00. The molecule has 0 bridgehead atoms. The maximum atomic E-state index is 12.0. The van der Waals surface area contributed by atoms with Crippen molar-refractivity contribution in [3.05, 3.63) is 65.9 Å². The zero-order chi connectivity index (χ0) is 20.6. The molecule has 2 aromatic carbocycles. The molecule has 0 saturated heterocycles. The van der Waals surface area contributed by atoms with E-state index in [2.05, 4.69) is 0 Å². The fourth-order valence-corrected chi connectivity index (χ4v) is 2.54. The van der Waals surface area contributed by atoms with Crippen LogP contribution in [0.5, 0.6) is 11.5 Å². The van der Waals surface area contributed by atoms with Gasteiger partial charge in [-0.3, -0.25) is 4.79 Å². The summed E-state index contributed by atoms with van der Waals surface area (Å²) in [5, 5.41) is 10.0. The molecule has 0 atom stereocenters. The second-order valence-electron chi connectivity index (χ2n) is 6.02. The molecule has 3 rings (SSSR count). The first-order valence-electron chi connectivity index (χ1n) is 8.95. The topological polar surface area (TPSA) is 95.2 Å². The standard InChI is InChI=1S/C22H20O7/c1-2-26-14-29-21-12-15(11-20-18(21)9-10-27-20)3-8-22(25)28-13-19(24)16-4-6-17(23)7-5-16/h3-12,23H,2,13-14H2,1H3/b8-3+. The Morgan fingerprint density at radius 3 is 2.69 bits per heavy atom. The first-order valence-corrected chi connectivity index (χ1v) is 8.95. The van der Waals surface area contributed by atoms with Gasteiger partial charge in [-0.1, -0.05) is 0 Å². The second kappa shape index (κ2) is 9.57. The number of ketones is 1. The maximum Gasteiger partial charge on any atom is 0.331 e. The van der Waals surface area contributed by atoms with Crippen LogP contribution < -0.4 is 4.74 Å². The van der Waals surface area contributed by atoms with E-state index in [1.165, 1.54) is 30.3 Å². The van der Waals surface area contributed by atoms with Gasteiger partial charge in [0.15, 0.2) is 19.2 Å². The highest BCUT2D eigenvalue weighted by Gasteiger charge is 2.10. The van der Waals surface area contributed by atoms with Gasteiger partial charge in [0, 0.05) is 18.2 Å². The van der Waals surface area contributed by atoms with Crippen LogP contribution in [0.3, 0.4) is 0 Å². The van der Waals surface area contributed by atoms with E-state index in [1.54, 1.807) is 30.5 Å². The number of aromatic hydroxyl groups is 1. The molecule has 0 aliphatic heterocycles. The Morgan fingerprint density at radius 2 is 1.93 bits per heavy atom. The van der Waals surface area contributed by atoms with Crippen molar-refractivity contribution in [2.24, 2.45) is 0 Å². The predicted octanol–water partition coefficient (Wildman–Crippen LogP) is 3.95. The monoisotopic (exact) mass is 396 g/mol. The molecule has 150 valence electrons. The fraction of sp³-hybridized carbons (Fsp3) is 0.182. The molecule has 0 fully saturated rings. The normalized spacial score (nSPS) is 11.1. The summed E-state index contributed by atoms with van der Waals surface area (Å²) in [6.45, 7) is 2.11. The number of rotatable bonds is 9. The Bertz CT molecular complexity index is 1020. The summed E-state index contributed by atoms with van der Waals surface area (Å²) < 4.78 is 21.2. The summed E-state index contributed by atoms with van der Waals surface area (Å²) in [5.74, 6) is -0.399. The molecule has 1 heterocycles. The smallest absolute Gasteiger partial charge is 0.331 e. The summed E-state index contributed by atoms with van der Waals surface area (Å²) in [6.07, 6.45) is 4.32. The van der Waals surface area contributed by atoms with E-state index < -0.39 is 12.6 Å². The average Bonchev–Trinajstić information content (AvgIpc) is 3.20.